The summed E-state index contributed by atoms with van der Waals surface area (Å²) in [5, 5.41) is 0. The van der Waals surface area contributed by atoms with E-state index in [1.165, 1.54) is 12.1 Å². The molecule has 100 valence electrons. The van der Waals surface area contributed by atoms with Crippen molar-refractivity contribution in [1.82, 2.24) is 4.72 Å². The molecular weight excluding hydrogens is 318 g/mol. The highest BCUT2D eigenvalue weighted by molar-refractivity contribution is 9.10. The lowest BCUT2D eigenvalue weighted by atomic mass is 9.91. The lowest BCUT2D eigenvalue weighted by Gasteiger charge is -2.16. The van der Waals surface area contributed by atoms with Gasteiger partial charge in [-0.25, -0.2) is 13.1 Å². The van der Waals surface area contributed by atoms with Crippen LogP contribution < -0.4 is 4.72 Å². The van der Waals surface area contributed by atoms with E-state index in [2.05, 4.69) is 20.7 Å². The molecule has 0 aliphatic rings. The molecule has 1 aromatic rings. The molecule has 6 heteroatoms. The molecule has 0 radical (unpaired) electrons. The Hall–Kier alpha value is -0.720. The van der Waals surface area contributed by atoms with Crippen molar-refractivity contribution in [3.05, 3.63) is 28.7 Å². The summed E-state index contributed by atoms with van der Waals surface area (Å²) in [6, 6.07) is 6.24. The average molecular weight is 334 g/mol. The van der Waals surface area contributed by atoms with Crippen LogP contribution in [0.15, 0.2) is 33.6 Å². The first-order chi connectivity index (χ1) is 8.13. The molecule has 0 spiro atoms. The average Bonchev–Trinajstić information content (AvgIpc) is 2.25. The maximum absolute atomic E-state index is 11.9. The zero-order valence-electron chi connectivity index (χ0n) is 10.5. The minimum Gasteiger partial charge on any atom is -0.298 e. The van der Waals surface area contributed by atoms with E-state index in [1.54, 1.807) is 32.9 Å². The molecule has 0 saturated carbocycles. The predicted octanol–water partition coefficient (Wildman–Crippen LogP) is 2.34. The van der Waals surface area contributed by atoms with Crippen molar-refractivity contribution in [3.8, 4) is 0 Å². The molecule has 0 aliphatic heterocycles. The summed E-state index contributed by atoms with van der Waals surface area (Å²) in [5.74, 6) is -0.150. The van der Waals surface area contributed by atoms with E-state index in [0.717, 1.165) is 4.47 Å². The summed E-state index contributed by atoms with van der Waals surface area (Å²) in [5.41, 5.74) is -0.553. The van der Waals surface area contributed by atoms with Crippen LogP contribution in [0.4, 0.5) is 0 Å². The molecule has 18 heavy (non-hydrogen) atoms. The van der Waals surface area contributed by atoms with E-state index in [4.69, 9.17) is 0 Å². The third kappa shape index (κ3) is 4.19. The van der Waals surface area contributed by atoms with Crippen LogP contribution in [0.1, 0.15) is 20.8 Å². The Balaban J connectivity index is 2.78. The first-order valence-electron chi connectivity index (χ1n) is 5.41. The Morgan fingerprint density at radius 3 is 2.17 bits per heavy atom. The normalized spacial score (nSPS) is 12.4. The Labute approximate surface area is 116 Å². The summed E-state index contributed by atoms with van der Waals surface area (Å²) in [6.07, 6.45) is 0. The molecule has 1 aromatic carbocycles. The standard InChI is InChI=1S/C12H16BrNO3S/c1-12(2,3)11(15)8-14-18(16,17)10-6-4-9(13)5-7-10/h4-7,14H,8H2,1-3H3. The minimum absolute atomic E-state index is 0.146. The van der Waals surface area contributed by atoms with Crippen LogP contribution in [0.3, 0.4) is 0 Å². The summed E-state index contributed by atoms with van der Waals surface area (Å²) in [4.78, 5) is 11.8. The summed E-state index contributed by atoms with van der Waals surface area (Å²) in [7, 11) is -3.62. The van der Waals surface area contributed by atoms with E-state index in [1.807, 2.05) is 0 Å². The lowest BCUT2D eigenvalue weighted by molar-refractivity contribution is -0.125. The van der Waals surface area contributed by atoms with Gasteiger partial charge < -0.3 is 0 Å². The molecule has 0 aliphatic carbocycles. The molecule has 1 N–H and O–H groups in total. The van der Waals surface area contributed by atoms with Crippen molar-refractivity contribution in [2.24, 2.45) is 5.41 Å². The molecular formula is C12H16BrNO3S. The van der Waals surface area contributed by atoms with Gasteiger partial charge in [-0.15, -0.1) is 0 Å². The number of Topliss-reactive ketones (excluding diaryl/α,β-unsaturated/α-hetero) is 1. The van der Waals surface area contributed by atoms with Gasteiger partial charge in [-0.3, -0.25) is 4.79 Å². The van der Waals surface area contributed by atoms with E-state index in [9.17, 15) is 13.2 Å². The van der Waals surface area contributed by atoms with Gasteiger partial charge in [-0.05, 0) is 24.3 Å². The quantitative estimate of drug-likeness (QED) is 0.919. The van der Waals surface area contributed by atoms with Gasteiger partial charge in [0.05, 0.1) is 11.4 Å². The second-order valence-corrected chi connectivity index (χ2v) is 7.63. The Morgan fingerprint density at radius 2 is 1.72 bits per heavy atom. The topological polar surface area (TPSA) is 63.2 Å². The van der Waals surface area contributed by atoms with Crippen molar-refractivity contribution >= 4 is 31.7 Å². The number of nitrogens with one attached hydrogen (secondary N) is 1. The van der Waals surface area contributed by atoms with Crippen LogP contribution in [0.2, 0.25) is 0 Å². The zero-order chi connectivity index (χ0) is 14.0. The number of carbonyl (C=O) groups excluding carboxylic acids is 1. The third-order valence-electron chi connectivity index (χ3n) is 2.38. The number of rotatable bonds is 4. The number of halogens is 1. The van der Waals surface area contributed by atoms with Gasteiger partial charge in [-0.2, -0.15) is 0 Å². The number of sulfonamides is 1. The third-order valence-corrected chi connectivity index (χ3v) is 4.33. The monoisotopic (exact) mass is 333 g/mol. The smallest absolute Gasteiger partial charge is 0.240 e. The van der Waals surface area contributed by atoms with Gasteiger partial charge in [0, 0.05) is 9.89 Å². The predicted molar refractivity (Wildman–Crippen MR) is 73.8 cm³/mol. The fraction of sp³-hybridized carbons (Fsp3) is 0.417. The van der Waals surface area contributed by atoms with Crippen molar-refractivity contribution in [1.29, 1.82) is 0 Å². The molecule has 0 fully saturated rings. The number of hydrogen-bond acceptors (Lipinski definition) is 3. The maximum Gasteiger partial charge on any atom is 0.240 e. The van der Waals surface area contributed by atoms with Gasteiger partial charge in [0.1, 0.15) is 0 Å². The van der Waals surface area contributed by atoms with Gasteiger partial charge >= 0.3 is 0 Å². The van der Waals surface area contributed by atoms with E-state index in [-0.39, 0.29) is 17.2 Å². The highest BCUT2D eigenvalue weighted by Crippen LogP contribution is 2.16. The van der Waals surface area contributed by atoms with Gasteiger partial charge in [-0.1, -0.05) is 36.7 Å². The number of benzene rings is 1. The van der Waals surface area contributed by atoms with Gasteiger partial charge in [0.25, 0.3) is 0 Å². The molecule has 0 atom stereocenters. The largest absolute Gasteiger partial charge is 0.298 e. The van der Waals surface area contributed by atoms with Crippen molar-refractivity contribution in [3.63, 3.8) is 0 Å². The first kappa shape index (κ1) is 15.3. The van der Waals surface area contributed by atoms with Crippen LogP contribution in [0.25, 0.3) is 0 Å². The zero-order valence-corrected chi connectivity index (χ0v) is 12.9. The van der Waals surface area contributed by atoms with E-state index in [0.29, 0.717) is 0 Å². The van der Waals surface area contributed by atoms with Crippen LogP contribution >= 0.6 is 15.9 Å². The summed E-state index contributed by atoms with van der Waals surface area (Å²) >= 11 is 3.23. The van der Waals surface area contributed by atoms with Crippen LogP contribution in [0, 0.1) is 5.41 Å². The highest BCUT2D eigenvalue weighted by atomic mass is 79.9. The van der Waals surface area contributed by atoms with Crippen molar-refractivity contribution < 1.29 is 13.2 Å². The number of hydrogen-bond donors (Lipinski definition) is 1. The SMILES string of the molecule is CC(C)(C)C(=O)CNS(=O)(=O)c1ccc(Br)cc1. The fourth-order valence-electron chi connectivity index (χ4n) is 1.12. The van der Waals surface area contributed by atoms with Crippen LogP contribution in [0.5, 0.6) is 0 Å². The Morgan fingerprint density at radius 1 is 1.22 bits per heavy atom. The molecule has 0 bridgehead atoms. The molecule has 0 unspecified atom stereocenters. The summed E-state index contributed by atoms with van der Waals surface area (Å²) in [6.45, 7) is 5.07. The molecule has 0 amide bonds. The minimum atomic E-state index is -3.62. The molecule has 4 nitrogen and oxygen atoms in total. The van der Waals surface area contributed by atoms with Crippen LogP contribution in [-0.4, -0.2) is 20.7 Å². The molecule has 0 heterocycles. The van der Waals surface area contributed by atoms with Gasteiger partial charge in [0.2, 0.25) is 10.0 Å². The first-order valence-corrected chi connectivity index (χ1v) is 7.69. The van der Waals surface area contributed by atoms with Crippen molar-refractivity contribution in [2.45, 2.75) is 25.7 Å². The Kier molecular flexibility index (Phi) is 4.69. The fourth-order valence-corrected chi connectivity index (χ4v) is 2.37. The second-order valence-electron chi connectivity index (χ2n) is 4.95. The second kappa shape index (κ2) is 5.50. The molecule has 0 saturated heterocycles. The van der Waals surface area contributed by atoms with E-state index >= 15 is 0 Å². The maximum atomic E-state index is 11.9. The molecule has 0 aromatic heterocycles. The number of carbonyl (C=O) groups is 1. The van der Waals surface area contributed by atoms with Crippen molar-refractivity contribution in [2.75, 3.05) is 6.54 Å². The summed E-state index contributed by atoms with van der Waals surface area (Å²) < 4.78 is 26.9. The van der Waals surface area contributed by atoms with E-state index < -0.39 is 15.4 Å². The van der Waals surface area contributed by atoms with Crippen LogP contribution in [-0.2, 0) is 14.8 Å². The molecule has 1 rings (SSSR count). The number of ketones is 1. The Bertz CT molecular complexity index is 529. The lowest BCUT2D eigenvalue weighted by Crippen LogP contribution is -2.35. The van der Waals surface area contributed by atoms with Gasteiger partial charge in [0.15, 0.2) is 5.78 Å². The highest BCUT2D eigenvalue weighted by Gasteiger charge is 2.23.